The maximum atomic E-state index is 13.3. The smallest absolute Gasteiger partial charge is 0.257 e. The Hall–Kier alpha value is -3.49. The Balaban J connectivity index is 1.62. The van der Waals surface area contributed by atoms with E-state index in [1.807, 2.05) is 18.4 Å². The minimum Gasteiger partial charge on any atom is -0.481 e. The van der Waals surface area contributed by atoms with Gasteiger partial charge in [-0.05, 0) is 63.8 Å². The van der Waals surface area contributed by atoms with Gasteiger partial charge in [-0.3, -0.25) is 14.9 Å². The summed E-state index contributed by atoms with van der Waals surface area (Å²) in [4.78, 5) is 34.1. The lowest BCUT2D eigenvalue weighted by molar-refractivity contribution is -0.126. The summed E-state index contributed by atoms with van der Waals surface area (Å²) in [6.45, 7) is 3.91. The van der Waals surface area contributed by atoms with E-state index in [9.17, 15) is 14.0 Å². The number of carbonyl (C=O) groups excluding carboxylic acids is 2. The molecule has 1 aromatic carbocycles. The van der Waals surface area contributed by atoms with Gasteiger partial charge in [-0.15, -0.1) is 0 Å². The van der Waals surface area contributed by atoms with E-state index in [4.69, 9.17) is 4.74 Å². The van der Waals surface area contributed by atoms with Crippen LogP contribution >= 0.6 is 0 Å². The molecule has 0 saturated heterocycles. The first-order valence-corrected chi connectivity index (χ1v) is 11.1. The number of amides is 2. The second-order valence-electron chi connectivity index (χ2n) is 8.65. The molecular formula is C24H28FN5O3. The molecular weight excluding hydrogens is 425 g/mol. The molecule has 0 atom stereocenters. The monoisotopic (exact) mass is 453 g/mol. The van der Waals surface area contributed by atoms with Crippen molar-refractivity contribution in [2.45, 2.75) is 51.6 Å². The lowest BCUT2D eigenvalue weighted by Gasteiger charge is -2.30. The third-order valence-electron chi connectivity index (χ3n) is 5.96. The van der Waals surface area contributed by atoms with Crippen LogP contribution in [-0.2, 0) is 4.79 Å². The molecule has 2 N–H and O–H groups in total. The molecule has 2 aromatic heterocycles. The molecule has 9 heteroatoms. The Kier molecular flexibility index (Phi) is 6.57. The number of hydrogen-bond acceptors (Lipinski definition) is 5. The number of halogens is 1. The number of nitrogens with one attached hydrogen (secondary N) is 2. The number of pyridine rings is 1. The van der Waals surface area contributed by atoms with E-state index in [-0.39, 0.29) is 29.8 Å². The Labute approximate surface area is 191 Å². The number of aromatic nitrogens is 3. The summed E-state index contributed by atoms with van der Waals surface area (Å²) in [6.07, 6.45) is 4.64. The molecule has 0 spiro atoms. The summed E-state index contributed by atoms with van der Waals surface area (Å²) in [5.41, 5.74) is 1.76. The van der Waals surface area contributed by atoms with Crippen molar-refractivity contribution in [3.8, 4) is 5.88 Å². The number of fused-ring (bicyclic) bond motifs is 1. The van der Waals surface area contributed by atoms with Gasteiger partial charge in [-0.1, -0.05) is 0 Å². The zero-order valence-corrected chi connectivity index (χ0v) is 19.0. The molecule has 1 aliphatic carbocycles. The van der Waals surface area contributed by atoms with Crippen LogP contribution in [0.3, 0.4) is 0 Å². The van der Waals surface area contributed by atoms with Gasteiger partial charge in [0.25, 0.3) is 5.91 Å². The Morgan fingerprint density at radius 2 is 1.85 bits per heavy atom. The first-order chi connectivity index (χ1) is 15.9. The minimum absolute atomic E-state index is 0.0214. The van der Waals surface area contributed by atoms with E-state index in [0.29, 0.717) is 22.9 Å². The number of nitrogens with zero attached hydrogens (tertiary/aromatic N) is 3. The van der Waals surface area contributed by atoms with E-state index in [2.05, 4.69) is 20.6 Å². The SMILES string of the molecule is COc1cc2c(cn1)nc(NC(=O)c1ccc(F)cc1)n2C1CCC(C(=O)NC(C)C)CC1. The van der Waals surface area contributed by atoms with Gasteiger partial charge in [-0.25, -0.2) is 14.4 Å². The van der Waals surface area contributed by atoms with E-state index in [0.717, 1.165) is 31.2 Å². The molecule has 3 aromatic rings. The largest absolute Gasteiger partial charge is 0.481 e. The summed E-state index contributed by atoms with van der Waals surface area (Å²) in [5.74, 6) is 0.128. The van der Waals surface area contributed by atoms with Crippen LogP contribution in [0.15, 0.2) is 36.5 Å². The fourth-order valence-electron chi connectivity index (χ4n) is 4.32. The number of hydrogen-bond donors (Lipinski definition) is 2. The van der Waals surface area contributed by atoms with Gasteiger partial charge in [0.2, 0.25) is 17.7 Å². The van der Waals surface area contributed by atoms with Crippen molar-refractivity contribution in [1.82, 2.24) is 19.9 Å². The number of ether oxygens (including phenoxy) is 1. The molecule has 174 valence electrons. The third kappa shape index (κ3) is 4.97. The average molecular weight is 454 g/mol. The van der Waals surface area contributed by atoms with Crippen LogP contribution in [0.4, 0.5) is 10.3 Å². The van der Waals surface area contributed by atoms with Crippen LogP contribution in [0.25, 0.3) is 11.0 Å². The second kappa shape index (κ2) is 9.56. The molecule has 2 heterocycles. The first kappa shape index (κ1) is 22.7. The van der Waals surface area contributed by atoms with Crippen LogP contribution in [0.5, 0.6) is 5.88 Å². The molecule has 33 heavy (non-hydrogen) atoms. The van der Waals surface area contributed by atoms with Gasteiger partial charge in [-0.2, -0.15) is 0 Å². The maximum absolute atomic E-state index is 13.3. The normalized spacial score (nSPS) is 18.3. The second-order valence-corrected chi connectivity index (χ2v) is 8.65. The molecule has 1 aliphatic rings. The zero-order valence-electron chi connectivity index (χ0n) is 19.0. The van der Waals surface area contributed by atoms with E-state index >= 15 is 0 Å². The van der Waals surface area contributed by atoms with Crippen molar-refractivity contribution in [2.24, 2.45) is 5.92 Å². The summed E-state index contributed by atoms with van der Waals surface area (Å²) in [5, 5.41) is 5.87. The van der Waals surface area contributed by atoms with Gasteiger partial charge in [0, 0.05) is 29.6 Å². The van der Waals surface area contributed by atoms with Gasteiger partial charge < -0.3 is 14.6 Å². The fourth-order valence-corrected chi connectivity index (χ4v) is 4.32. The fraction of sp³-hybridized carbons (Fsp3) is 0.417. The van der Waals surface area contributed by atoms with Crippen molar-refractivity contribution < 1.29 is 18.7 Å². The van der Waals surface area contributed by atoms with Crippen LogP contribution in [0.1, 0.15) is 55.9 Å². The predicted molar refractivity (Wildman–Crippen MR) is 123 cm³/mol. The van der Waals surface area contributed by atoms with Crippen molar-refractivity contribution in [3.05, 3.63) is 47.9 Å². The van der Waals surface area contributed by atoms with Gasteiger partial charge >= 0.3 is 0 Å². The van der Waals surface area contributed by atoms with E-state index in [1.165, 1.54) is 24.3 Å². The number of imidazole rings is 1. The Morgan fingerprint density at radius 1 is 1.15 bits per heavy atom. The van der Waals surface area contributed by atoms with E-state index in [1.54, 1.807) is 19.4 Å². The van der Waals surface area contributed by atoms with E-state index < -0.39 is 5.82 Å². The van der Waals surface area contributed by atoms with Gasteiger partial charge in [0.15, 0.2) is 0 Å². The Bertz CT molecular complexity index is 1150. The van der Waals surface area contributed by atoms with Crippen LogP contribution in [0.2, 0.25) is 0 Å². The predicted octanol–water partition coefficient (Wildman–Crippen LogP) is 4.09. The molecule has 0 aliphatic heterocycles. The van der Waals surface area contributed by atoms with Crippen molar-refractivity contribution >= 4 is 28.8 Å². The number of anilines is 1. The van der Waals surface area contributed by atoms with Gasteiger partial charge in [0.05, 0.1) is 18.8 Å². The van der Waals surface area contributed by atoms with Crippen LogP contribution in [0, 0.1) is 11.7 Å². The highest BCUT2D eigenvalue weighted by Crippen LogP contribution is 2.37. The van der Waals surface area contributed by atoms with Gasteiger partial charge in [0.1, 0.15) is 11.3 Å². The summed E-state index contributed by atoms with van der Waals surface area (Å²) >= 11 is 0. The summed E-state index contributed by atoms with van der Waals surface area (Å²) in [7, 11) is 1.55. The van der Waals surface area contributed by atoms with Crippen LogP contribution in [-0.4, -0.2) is 39.5 Å². The highest BCUT2D eigenvalue weighted by atomic mass is 19.1. The molecule has 0 radical (unpaired) electrons. The summed E-state index contributed by atoms with van der Waals surface area (Å²) in [6, 6.07) is 7.32. The standard InChI is InChI=1S/C24H28FN5O3/c1-14(2)27-22(31)16-6-10-18(11-7-16)30-20-12-21(33-3)26-13-19(20)28-24(30)29-23(32)15-4-8-17(25)9-5-15/h4-5,8-9,12-14,16,18H,6-7,10-11H2,1-3H3,(H,27,31)(H,28,29,32). The first-order valence-electron chi connectivity index (χ1n) is 11.1. The molecule has 8 nitrogen and oxygen atoms in total. The molecule has 0 bridgehead atoms. The lowest BCUT2D eigenvalue weighted by atomic mass is 9.85. The molecule has 2 amide bonds. The molecule has 1 saturated carbocycles. The molecule has 4 rings (SSSR count). The topological polar surface area (TPSA) is 98.1 Å². The van der Waals surface area contributed by atoms with Crippen molar-refractivity contribution in [1.29, 1.82) is 0 Å². The molecule has 1 fully saturated rings. The number of methoxy groups -OCH3 is 1. The van der Waals surface area contributed by atoms with Crippen molar-refractivity contribution in [2.75, 3.05) is 12.4 Å². The summed E-state index contributed by atoms with van der Waals surface area (Å²) < 4.78 is 20.5. The maximum Gasteiger partial charge on any atom is 0.257 e. The highest BCUT2D eigenvalue weighted by molar-refractivity contribution is 6.04. The Morgan fingerprint density at radius 3 is 2.48 bits per heavy atom. The molecule has 0 unspecified atom stereocenters. The van der Waals surface area contributed by atoms with Crippen molar-refractivity contribution in [3.63, 3.8) is 0 Å². The highest BCUT2D eigenvalue weighted by Gasteiger charge is 2.30. The minimum atomic E-state index is -0.407. The zero-order chi connectivity index (χ0) is 23.5. The number of benzene rings is 1. The van der Waals surface area contributed by atoms with Crippen LogP contribution < -0.4 is 15.4 Å². The average Bonchev–Trinajstić information content (AvgIpc) is 3.15. The number of carbonyl (C=O) groups is 2. The number of rotatable bonds is 6. The lowest BCUT2D eigenvalue weighted by Crippen LogP contribution is -2.37. The quantitative estimate of drug-likeness (QED) is 0.586. The third-order valence-corrected chi connectivity index (χ3v) is 5.96.